The summed E-state index contributed by atoms with van der Waals surface area (Å²) in [6.07, 6.45) is 1.85. The lowest BCUT2D eigenvalue weighted by molar-refractivity contribution is -0.121. The Kier molecular flexibility index (Phi) is 5.47. The van der Waals surface area contributed by atoms with Gasteiger partial charge in [0, 0.05) is 43.9 Å². The van der Waals surface area contributed by atoms with Crippen molar-refractivity contribution in [1.82, 2.24) is 20.2 Å². The first-order valence-corrected chi connectivity index (χ1v) is 7.59. The van der Waals surface area contributed by atoms with Crippen molar-refractivity contribution < 1.29 is 9.59 Å². The van der Waals surface area contributed by atoms with Crippen LogP contribution in [-0.4, -0.2) is 46.8 Å². The lowest BCUT2D eigenvalue weighted by Crippen LogP contribution is -2.38. The van der Waals surface area contributed by atoms with E-state index < -0.39 is 0 Å². The molecule has 2 aromatic rings. The van der Waals surface area contributed by atoms with E-state index >= 15 is 0 Å². The second kappa shape index (κ2) is 7.54. The predicted molar refractivity (Wildman–Crippen MR) is 92.1 cm³/mol. The Bertz CT molecular complexity index is 730. The van der Waals surface area contributed by atoms with Crippen LogP contribution in [0.25, 0.3) is 11.4 Å². The number of aromatic nitrogens is 2. The van der Waals surface area contributed by atoms with Crippen molar-refractivity contribution in [3.63, 3.8) is 0 Å². The van der Waals surface area contributed by atoms with Gasteiger partial charge < -0.3 is 16.0 Å². The SMILES string of the molecule is CNC(=O)C[C@H](C)N(C)C(=O)c1ccc(-c2nccc(N)n2)cc1. The van der Waals surface area contributed by atoms with Gasteiger partial charge in [0.1, 0.15) is 5.82 Å². The molecule has 0 aliphatic heterocycles. The number of hydrogen-bond donors (Lipinski definition) is 2. The predicted octanol–water partition coefficient (Wildman–Crippen LogP) is 1.32. The fourth-order valence-corrected chi connectivity index (χ4v) is 2.18. The lowest BCUT2D eigenvalue weighted by Gasteiger charge is -2.24. The van der Waals surface area contributed by atoms with Crippen LogP contribution in [0.1, 0.15) is 23.7 Å². The highest BCUT2D eigenvalue weighted by atomic mass is 16.2. The summed E-state index contributed by atoms with van der Waals surface area (Å²) in [7, 11) is 3.26. The van der Waals surface area contributed by atoms with Gasteiger partial charge in [-0.25, -0.2) is 9.97 Å². The highest BCUT2D eigenvalue weighted by molar-refractivity contribution is 5.95. The fraction of sp³-hybridized carbons (Fsp3) is 0.294. The average molecular weight is 327 g/mol. The first-order chi connectivity index (χ1) is 11.4. The fourth-order valence-electron chi connectivity index (χ4n) is 2.18. The van der Waals surface area contributed by atoms with Crippen LogP contribution < -0.4 is 11.1 Å². The number of carbonyl (C=O) groups excluding carboxylic acids is 2. The van der Waals surface area contributed by atoms with Gasteiger partial charge in [0.15, 0.2) is 5.82 Å². The molecule has 2 amide bonds. The Morgan fingerprint density at radius 3 is 2.50 bits per heavy atom. The Hall–Kier alpha value is -2.96. The minimum atomic E-state index is -0.200. The second-order valence-corrected chi connectivity index (χ2v) is 5.52. The number of hydrogen-bond acceptors (Lipinski definition) is 5. The molecule has 126 valence electrons. The van der Waals surface area contributed by atoms with E-state index in [4.69, 9.17) is 5.73 Å². The van der Waals surface area contributed by atoms with Crippen LogP contribution >= 0.6 is 0 Å². The molecule has 3 N–H and O–H groups in total. The van der Waals surface area contributed by atoms with Crippen LogP contribution in [0, 0.1) is 0 Å². The molecular formula is C17H21N5O2. The smallest absolute Gasteiger partial charge is 0.253 e. The molecule has 0 saturated carbocycles. The molecule has 1 aromatic carbocycles. The van der Waals surface area contributed by atoms with Gasteiger partial charge >= 0.3 is 0 Å². The molecule has 7 nitrogen and oxygen atoms in total. The van der Waals surface area contributed by atoms with E-state index in [-0.39, 0.29) is 24.3 Å². The van der Waals surface area contributed by atoms with Crippen molar-refractivity contribution in [2.75, 3.05) is 19.8 Å². The topological polar surface area (TPSA) is 101 Å². The third-order valence-corrected chi connectivity index (χ3v) is 3.81. The molecule has 0 saturated heterocycles. The first-order valence-electron chi connectivity index (χ1n) is 7.59. The zero-order valence-electron chi connectivity index (χ0n) is 14.0. The van der Waals surface area contributed by atoms with Gasteiger partial charge in [0.25, 0.3) is 5.91 Å². The monoisotopic (exact) mass is 327 g/mol. The third kappa shape index (κ3) is 4.07. The number of benzene rings is 1. The van der Waals surface area contributed by atoms with Crippen LogP contribution in [0.2, 0.25) is 0 Å². The number of rotatable bonds is 5. The maximum Gasteiger partial charge on any atom is 0.253 e. The van der Waals surface area contributed by atoms with Crippen molar-refractivity contribution in [3.8, 4) is 11.4 Å². The third-order valence-electron chi connectivity index (χ3n) is 3.81. The van der Waals surface area contributed by atoms with Crippen molar-refractivity contribution in [1.29, 1.82) is 0 Å². The maximum atomic E-state index is 12.5. The average Bonchev–Trinajstić information content (AvgIpc) is 2.60. The molecular weight excluding hydrogens is 306 g/mol. The van der Waals surface area contributed by atoms with Gasteiger partial charge in [-0.3, -0.25) is 9.59 Å². The van der Waals surface area contributed by atoms with Crippen LogP contribution in [0.15, 0.2) is 36.5 Å². The van der Waals surface area contributed by atoms with Gasteiger partial charge in [-0.2, -0.15) is 0 Å². The number of anilines is 1. The standard InChI is InChI=1S/C17H21N5O2/c1-11(10-15(23)19-2)22(3)17(24)13-6-4-12(5-7-13)16-20-9-8-14(18)21-16/h4-9,11H,10H2,1-3H3,(H,19,23)(H2,18,20,21)/t11-/m0/s1. The van der Waals surface area contributed by atoms with E-state index in [0.717, 1.165) is 5.56 Å². The zero-order chi connectivity index (χ0) is 17.7. The largest absolute Gasteiger partial charge is 0.384 e. The summed E-state index contributed by atoms with van der Waals surface area (Å²) in [5.41, 5.74) is 6.97. The highest BCUT2D eigenvalue weighted by Gasteiger charge is 2.19. The Balaban J connectivity index is 2.12. The molecule has 0 radical (unpaired) electrons. The molecule has 2 rings (SSSR count). The van der Waals surface area contributed by atoms with Crippen LogP contribution in [0.4, 0.5) is 5.82 Å². The summed E-state index contributed by atoms with van der Waals surface area (Å²) in [4.78, 5) is 33.8. The highest BCUT2D eigenvalue weighted by Crippen LogP contribution is 2.17. The summed E-state index contributed by atoms with van der Waals surface area (Å²) in [6, 6.07) is 8.40. The molecule has 24 heavy (non-hydrogen) atoms. The molecule has 0 bridgehead atoms. The minimum absolute atomic E-state index is 0.101. The van der Waals surface area contributed by atoms with Crippen LogP contribution in [-0.2, 0) is 4.79 Å². The number of carbonyl (C=O) groups is 2. The number of nitrogens with one attached hydrogen (secondary N) is 1. The van der Waals surface area contributed by atoms with Crippen molar-refractivity contribution in [2.24, 2.45) is 0 Å². The summed E-state index contributed by atoms with van der Waals surface area (Å²) in [5.74, 6) is 0.654. The van der Waals surface area contributed by atoms with E-state index in [1.54, 1.807) is 55.5 Å². The zero-order valence-corrected chi connectivity index (χ0v) is 14.0. The van der Waals surface area contributed by atoms with Crippen LogP contribution in [0.3, 0.4) is 0 Å². The van der Waals surface area contributed by atoms with E-state index in [9.17, 15) is 9.59 Å². The Morgan fingerprint density at radius 1 is 1.25 bits per heavy atom. The second-order valence-electron chi connectivity index (χ2n) is 5.52. The summed E-state index contributed by atoms with van der Waals surface area (Å²) in [6.45, 7) is 1.84. The molecule has 7 heteroatoms. The molecule has 1 heterocycles. The lowest BCUT2D eigenvalue weighted by atomic mass is 10.1. The van der Waals surface area contributed by atoms with E-state index in [1.807, 2.05) is 6.92 Å². The molecule has 1 atom stereocenters. The van der Waals surface area contributed by atoms with Crippen LogP contribution in [0.5, 0.6) is 0 Å². The van der Waals surface area contributed by atoms with E-state index in [1.165, 1.54) is 0 Å². The maximum absolute atomic E-state index is 12.5. The number of nitrogen functional groups attached to an aromatic ring is 1. The molecule has 0 fully saturated rings. The van der Waals surface area contributed by atoms with Gasteiger partial charge in [-0.1, -0.05) is 12.1 Å². The normalized spacial score (nSPS) is 11.6. The number of nitrogens with two attached hydrogens (primary N) is 1. The van der Waals surface area contributed by atoms with E-state index in [0.29, 0.717) is 17.2 Å². The van der Waals surface area contributed by atoms with Crippen molar-refractivity contribution in [2.45, 2.75) is 19.4 Å². The van der Waals surface area contributed by atoms with Crippen molar-refractivity contribution in [3.05, 3.63) is 42.1 Å². The van der Waals surface area contributed by atoms with Gasteiger partial charge in [-0.15, -0.1) is 0 Å². The summed E-state index contributed by atoms with van der Waals surface area (Å²) < 4.78 is 0. The molecule has 0 aliphatic rings. The number of amides is 2. The first kappa shape index (κ1) is 17.4. The molecule has 0 unspecified atom stereocenters. The summed E-state index contributed by atoms with van der Waals surface area (Å²) >= 11 is 0. The van der Waals surface area contributed by atoms with Crippen molar-refractivity contribution >= 4 is 17.6 Å². The molecule has 0 aliphatic carbocycles. The minimum Gasteiger partial charge on any atom is -0.384 e. The summed E-state index contributed by atoms with van der Waals surface area (Å²) in [5, 5.41) is 2.56. The van der Waals surface area contributed by atoms with Gasteiger partial charge in [-0.05, 0) is 25.1 Å². The van der Waals surface area contributed by atoms with E-state index in [2.05, 4.69) is 15.3 Å². The molecule has 0 spiro atoms. The van der Waals surface area contributed by atoms with Gasteiger partial charge in [0.2, 0.25) is 5.91 Å². The number of nitrogens with zero attached hydrogens (tertiary/aromatic N) is 3. The van der Waals surface area contributed by atoms with Gasteiger partial charge in [0.05, 0.1) is 0 Å². The molecule has 1 aromatic heterocycles. The Labute approximate surface area is 140 Å². The Morgan fingerprint density at radius 2 is 1.92 bits per heavy atom. The quantitative estimate of drug-likeness (QED) is 0.862.